The number of esters is 1. The van der Waals surface area contributed by atoms with Crippen molar-refractivity contribution in [1.82, 2.24) is 9.88 Å². The molecule has 3 N–H and O–H groups in total. The molecule has 8 rings (SSSR count). The number of nitrogens with two attached hydrogens (primary N) is 1. The van der Waals surface area contributed by atoms with E-state index in [1.807, 2.05) is 40.1 Å². The number of carbonyl (C=O) groups is 2. The molecule has 4 aliphatic rings. The zero-order valence-electron chi connectivity index (χ0n) is 47.2. The Bertz CT molecular complexity index is 3180. The summed E-state index contributed by atoms with van der Waals surface area (Å²) in [5.41, 5.74) is 23.1. The minimum Gasteiger partial charge on any atom is -0.494 e. The number of nitrogens with one attached hydrogen (secondary N) is 1. The number of rotatable bonds is 22. The van der Waals surface area contributed by atoms with Crippen LogP contribution in [0.15, 0.2) is 147 Å². The first kappa shape index (κ1) is 56.2. The average Bonchev–Trinajstić information content (AvgIpc) is 4.17. The van der Waals surface area contributed by atoms with E-state index in [-0.39, 0.29) is 42.0 Å². The molecule has 1 aliphatic carbocycles. The first-order valence-corrected chi connectivity index (χ1v) is 28.1. The second kappa shape index (κ2) is 25.9. The lowest BCUT2D eigenvalue weighted by Crippen LogP contribution is -2.27. The topological polar surface area (TPSA) is 132 Å². The van der Waals surface area contributed by atoms with Crippen molar-refractivity contribution >= 4 is 46.0 Å². The van der Waals surface area contributed by atoms with Gasteiger partial charge in [0.05, 0.1) is 30.3 Å². The van der Waals surface area contributed by atoms with Crippen LogP contribution in [0.5, 0.6) is 11.5 Å². The van der Waals surface area contributed by atoms with Crippen molar-refractivity contribution in [2.45, 2.75) is 119 Å². The van der Waals surface area contributed by atoms with Crippen LogP contribution in [0.2, 0.25) is 0 Å². The van der Waals surface area contributed by atoms with Crippen LogP contribution in [-0.4, -0.2) is 79.6 Å². The molecule has 404 valence electrons. The number of H-pyrrole nitrogens is 1. The van der Waals surface area contributed by atoms with E-state index < -0.39 is 0 Å². The highest BCUT2D eigenvalue weighted by Crippen LogP contribution is 2.40. The molecule has 10 heteroatoms. The number of likely N-dealkylation sites (N-methyl/N-ethyl adjacent to an activating group) is 1. The monoisotopic (exact) mass is 1040 g/mol. The Kier molecular flexibility index (Phi) is 18.9. The Labute approximate surface area is 457 Å². The molecule has 3 aliphatic heterocycles. The highest BCUT2D eigenvalue weighted by Gasteiger charge is 2.41. The van der Waals surface area contributed by atoms with Gasteiger partial charge in [0.25, 0.3) is 0 Å². The van der Waals surface area contributed by atoms with Crippen LogP contribution in [0, 0.1) is 24.7 Å². The number of aromatic amines is 1. The van der Waals surface area contributed by atoms with Gasteiger partial charge in [0.1, 0.15) is 18.1 Å². The summed E-state index contributed by atoms with van der Waals surface area (Å²) in [6.45, 7) is 21.6. The number of benzene rings is 3. The van der Waals surface area contributed by atoms with Crippen LogP contribution in [0.4, 0.5) is 0 Å². The third-order valence-electron chi connectivity index (χ3n) is 16.1. The van der Waals surface area contributed by atoms with Crippen LogP contribution in [0.3, 0.4) is 0 Å². The number of hydrogen-bond donors (Lipinski definition) is 2. The summed E-state index contributed by atoms with van der Waals surface area (Å²) in [6.07, 6.45) is 15.8. The maximum Gasteiger partial charge on any atom is 0.305 e. The molecule has 4 atom stereocenters. The third kappa shape index (κ3) is 13.0. The van der Waals surface area contributed by atoms with Gasteiger partial charge >= 0.3 is 5.97 Å². The Morgan fingerprint density at radius 3 is 2.10 bits per heavy atom. The van der Waals surface area contributed by atoms with E-state index >= 15 is 0 Å². The molecule has 0 spiro atoms. The number of ether oxygens (including phenoxy) is 3. The van der Waals surface area contributed by atoms with Gasteiger partial charge in [-0.1, -0.05) is 114 Å². The highest BCUT2D eigenvalue weighted by atomic mass is 16.5. The Balaban J connectivity index is 0.852. The molecule has 2 unspecified atom stereocenters. The first-order valence-electron chi connectivity index (χ1n) is 28.1. The van der Waals surface area contributed by atoms with E-state index in [1.54, 1.807) is 0 Å². The van der Waals surface area contributed by atoms with Crippen molar-refractivity contribution in [1.29, 1.82) is 0 Å². The number of hydrogen-bond acceptors (Lipinski definition) is 9. The smallest absolute Gasteiger partial charge is 0.305 e. The van der Waals surface area contributed by atoms with Crippen LogP contribution < -0.4 is 25.9 Å². The SMILES string of the molecule is C=CC1=C(C)/C(N)=C/C2=NC(C3=c4[nH]/c(c(C)c4C(=O)C3)=C\C3=C(CC)C(C)C(=N3)\C=C\1C)[C@@H](CCC(=O)OCCCCCCCOc1ccc(/C(=C(\CC)c3ccccc3)c3ccc(OCCN(C)C)cc3)cc1)[C@@H]2C. The minimum atomic E-state index is -0.296. The quantitative estimate of drug-likeness (QED) is 0.0455. The average molecular weight is 1040 g/mol. The zero-order chi connectivity index (χ0) is 54.8. The molecular formula is C67H81N5O5. The molecule has 0 saturated heterocycles. The minimum absolute atomic E-state index is 0.0147. The van der Waals surface area contributed by atoms with Crippen molar-refractivity contribution in [3.8, 4) is 11.5 Å². The fourth-order valence-corrected chi connectivity index (χ4v) is 11.6. The van der Waals surface area contributed by atoms with E-state index in [4.69, 9.17) is 29.9 Å². The van der Waals surface area contributed by atoms with Gasteiger partial charge in [-0.25, -0.2) is 0 Å². The number of ketones is 1. The lowest BCUT2D eigenvalue weighted by Gasteiger charge is -2.22. The summed E-state index contributed by atoms with van der Waals surface area (Å²) in [5.74, 6) is 1.71. The van der Waals surface area contributed by atoms with Gasteiger partial charge in [-0.15, -0.1) is 0 Å². The summed E-state index contributed by atoms with van der Waals surface area (Å²) in [5, 5.41) is 1.76. The number of aliphatic imine (C=N–C) groups is 2. The molecule has 0 saturated carbocycles. The molecule has 4 aromatic rings. The summed E-state index contributed by atoms with van der Waals surface area (Å²) in [4.78, 5) is 43.6. The normalized spacial score (nSPS) is 22.3. The molecule has 6 bridgehead atoms. The number of unbranched alkanes of at least 4 members (excludes halogenated alkanes) is 4. The molecule has 10 nitrogen and oxygen atoms in total. The number of allylic oxidation sites excluding steroid dienone is 9. The largest absolute Gasteiger partial charge is 0.494 e. The van der Waals surface area contributed by atoms with Crippen LogP contribution in [0.25, 0.3) is 22.8 Å². The number of Topliss-reactive ketones (excluding diaryl/α,β-unsaturated/α-hetero) is 1. The van der Waals surface area contributed by atoms with Crippen LogP contribution >= 0.6 is 0 Å². The molecule has 1 aromatic heterocycles. The van der Waals surface area contributed by atoms with Crippen molar-refractivity contribution in [3.05, 3.63) is 176 Å². The molecule has 3 aromatic carbocycles. The molecular weight excluding hydrogens is 955 g/mol. The van der Waals surface area contributed by atoms with Gasteiger partial charge in [0.15, 0.2) is 5.78 Å². The highest BCUT2D eigenvalue weighted by molar-refractivity contribution is 6.08. The first-order chi connectivity index (χ1) is 37.2. The fourth-order valence-electron chi connectivity index (χ4n) is 11.6. The Hall–Kier alpha value is -7.04. The van der Waals surface area contributed by atoms with Gasteiger partial charge in [-0.2, -0.15) is 0 Å². The molecule has 0 radical (unpaired) electrons. The zero-order valence-corrected chi connectivity index (χ0v) is 47.2. The van der Waals surface area contributed by atoms with E-state index in [9.17, 15) is 9.59 Å². The van der Waals surface area contributed by atoms with Crippen molar-refractivity contribution in [2.75, 3.05) is 40.5 Å². The third-order valence-corrected chi connectivity index (χ3v) is 16.1. The maximum atomic E-state index is 13.9. The standard InChI is InChI=1S/C67H81N5O5/c1-11-52-42(4)38-58-44(6)53(12-2)61(69-58)41-60-46(8)64-62(73)39-56(67(64)71-60)66-55(45(7)59(70-66)40-57(68)43(52)5)32-33-63(74)77-36-21-16-14-15-20-35-75-50-28-24-48(25-29-50)65(54(13-3)47-22-18-17-19-23-47)49-26-30-51(31-27-49)76-37-34-72(9)10/h11,17-19,22-31,38,40-41,44-45,55,66,71H,1,12-16,20-21,32-37,39,68H2,2-10H3/b42-38+,52-43-,57-40-,60-41-,65-54-/t44?,45-,55-,66?/m0/s1. The Morgan fingerprint density at radius 2 is 1.47 bits per heavy atom. The molecule has 0 amide bonds. The molecule has 77 heavy (non-hydrogen) atoms. The van der Waals surface area contributed by atoms with Gasteiger partial charge in [-0.3, -0.25) is 19.6 Å². The summed E-state index contributed by atoms with van der Waals surface area (Å²) < 4.78 is 18.1. The predicted molar refractivity (Wildman–Crippen MR) is 317 cm³/mol. The summed E-state index contributed by atoms with van der Waals surface area (Å²) >= 11 is 0. The van der Waals surface area contributed by atoms with E-state index in [2.05, 4.69) is 142 Å². The number of fused-ring (bicyclic) bond motifs is 4. The lowest BCUT2D eigenvalue weighted by atomic mass is 9.81. The van der Waals surface area contributed by atoms with E-state index in [0.717, 1.165) is 135 Å². The fraction of sp³-hybridized carbons (Fsp3) is 0.403. The van der Waals surface area contributed by atoms with Crippen LogP contribution in [0.1, 0.15) is 138 Å². The summed E-state index contributed by atoms with van der Waals surface area (Å²) in [7, 11) is 4.10. The van der Waals surface area contributed by atoms with Gasteiger partial charge in [-0.05, 0) is 177 Å². The second-order valence-electron chi connectivity index (χ2n) is 21.5. The van der Waals surface area contributed by atoms with E-state index in [0.29, 0.717) is 38.4 Å². The van der Waals surface area contributed by atoms with Gasteiger partial charge in [0.2, 0.25) is 0 Å². The van der Waals surface area contributed by atoms with E-state index in [1.165, 1.54) is 22.3 Å². The molecule has 4 heterocycles. The second-order valence-corrected chi connectivity index (χ2v) is 21.5. The predicted octanol–water partition coefficient (Wildman–Crippen LogP) is 12.6. The number of carbonyl (C=O) groups excluding carboxylic acids is 2. The molecule has 0 fully saturated rings. The lowest BCUT2D eigenvalue weighted by molar-refractivity contribution is -0.144. The number of aromatic nitrogens is 1. The summed E-state index contributed by atoms with van der Waals surface area (Å²) in [6, 6.07) is 27.3. The van der Waals surface area contributed by atoms with Gasteiger partial charge in [0, 0.05) is 59.3 Å². The van der Waals surface area contributed by atoms with Crippen LogP contribution in [-0.2, 0) is 9.53 Å². The van der Waals surface area contributed by atoms with Crippen molar-refractivity contribution in [2.24, 2.45) is 33.5 Å². The number of nitrogens with zero attached hydrogens (tertiary/aromatic N) is 3. The van der Waals surface area contributed by atoms with Crippen molar-refractivity contribution in [3.63, 3.8) is 0 Å². The Morgan fingerprint density at radius 1 is 0.818 bits per heavy atom. The van der Waals surface area contributed by atoms with Crippen molar-refractivity contribution < 1.29 is 23.8 Å². The maximum absolute atomic E-state index is 13.9. The van der Waals surface area contributed by atoms with Gasteiger partial charge < -0.3 is 29.8 Å².